The molecule has 1 aromatic heterocycles. The van der Waals surface area contributed by atoms with Gasteiger partial charge < -0.3 is 14.8 Å². The highest BCUT2D eigenvalue weighted by Gasteiger charge is 2.09. The van der Waals surface area contributed by atoms with E-state index in [1.165, 1.54) is 5.56 Å². The van der Waals surface area contributed by atoms with E-state index < -0.39 is 0 Å². The van der Waals surface area contributed by atoms with E-state index in [4.69, 9.17) is 9.47 Å². The molecule has 178 valence electrons. The molecule has 0 unspecified atom stereocenters. The molecule has 0 saturated heterocycles. The quantitative estimate of drug-likeness (QED) is 0.370. The van der Waals surface area contributed by atoms with E-state index >= 15 is 0 Å². The van der Waals surface area contributed by atoms with Crippen molar-refractivity contribution in [2.24, 2.45) is 0 Å². The molecule has 0 bridgehead atoms. The summed E-state index contributed by atoms with van der Waals surface area (Å²) < 4.78 is 10.6. The number of benzene rings is 2. The van der Waals surface area contributed by atoms with Crippen LogP contribution in [0.5, 0.6) is 11.5 Å². The maximum absolute atomic E-state index is 12.5. The fourth-order valence-corrected chi connectivity index (χ4v) is 3.87. The summed E-state index contributed by atoms with van der Waals surface area (Å²) in [6, 6.07) is 20.2. The predicted octanol–water partition coefficient (Wildman–Crippen LogP) is 5.84. The fourth-order valence-electron chi connectivity index (χ4n) is 3.87. The zero-order valence-electron chi connectivity index (χ0n) is 20.3. The number of methoxy groups -OCH3 is 2. The van der Waals surface area contributed by atoms with Crippen molar-refractivity contribution in [1.29, 1.82) is 0 Å². The molecular formula is C29H34N2O3. The summed E-state index contributed by atoms with van der Waals surface area (Å²) in [6.45, 7) is 2.07. The van der Waals surface area contributed by atoms with Gasteiger partial charge >= 0.3 is 0 Å². The third-order valence-corrected chi connectivity index (χ3v) is 5.75. The fraction of sp³-hybridized carbons (Fsp3) is 0.310. The highest BCUT2D eigenvalue weighted by molar-refractivity contribution is 5.81. The summed E-state index contributed by atoms with van der Waals surface area (Å²) >= 11 is 0. The first-order chi connectivity index (χ1) is 16.6. The molecule has 1 atom stereocenters. The molecule has 0 aliphatic carbocycles. The summed E-state index contributed by atoms with van der Waals surface area (Å²) in [5, 5.41) is 3.13. The van der Waals surface area contributed by atoms with Gasteiger partial charge in [-0.25, -0.2) is 0 Å². The van der Waals surface area contributed by atoms with Gasteiger partial charge in [0.2, 0.25) is 5.91 Å². The number of aromatic nitrogens is 1. The van der Waals surface area contributed by atoms with Crippen molar-refractivity contribution in [2.75, 3.05) is 14.2 Å². The van der Waals surface area contributed by atoms with E-state index in [1.54, 1.807) is 20.4 Å². The van der Waals surface area contributed by atoms with E-state index in [0.29, 0.717) is 12.8 Å². The van der Waals surface area contributed by atoms with Crippen LogP contribution in [0.2, 0.25) is 0 Å². The van der Waals surface area contributed by atoms with Crippen LogP contribution in [0.4, 0.5) is 0 Å². The maximum atomic E-state index is 12.5. The largest absolute Gasteiger partial charge is 0.497 e. The van der Waals surface area contributed by atoms with E-state index in [1.807, 2.05) is 60.8 Å². The monoisotopic (exact) mass is 458 g/mol. The summed E-state index contributed by atoms with van der Waals surface area (Å²) in [6.07, 6.45) is 9.87. The Kier molecular flexibility index (Phi) is 9.71. The van der Waals surface area contributed by atoms with Gasteiger partial charge in [-0.15, -0.1) is 0 Å². The van der Waals surface area contributed by atoms with Crippen molar-refractivity contribution in [3.05, 3.63) is 95.8 Å². The minimum Gasteiger partial charge on any atom is -0.497 e. The number of nitrogens with one attached hydrogen (secondary N) is 1. The minimum absolute atomic E-state index is 0.0777. The highest BCUT2D eigenvalue weighted by atomic mass is 16.5. The van der Waals surface area contributed by atoms with Crippen LogP contribution in [0.3, 0.4) is 0 Å². The van der Waals surface area contributed by atoms with Gasteiger partial charge in [0, 0.05) is 24.9 Å². The summed E-state index contributed by atoms with van der Waals surface area (Å²) in [5.74, 6) is 1.71. The number of nitrogens with zero attached hydrogens (tertiary/aromatic N) is 1. The zero-order chi connectivity index (χ0) is 24.2. The Balaban J connectivity index is 1.57. The lowest BCUT2D eigenvalue weighted by atomic mass is 9.96. The van der Waals surface area contributed by atoms with Gasteiger partial charge in [0.1, 0.15) is 11.5 Å². The normalized spacial score (nSPS) is 11.4. The molecule has 0 saturated carbocycles. The minimum atomic E-state index is 0.0777. The SMILES string of the molecule is COc1ccc(C(=CCCC(=O)N[C@H](C)CCCc2cccnc2)c2ccc(OC)cc2)cc1. The van der Waals surface area contributed by atoms with Crippen molar-refractivity contribution < 1.29 is 14.3 Å². The Morgan fingerprint density at radius 1 is 0.971 bits per heavy atom. The smallest absolute Gasteiger partial charge is 0.220 e. The Hall–Kier alpha value is -3.60. The summed E-state index contributed by atoms with van der Waals surface area (Å²) in [5.41, 5.74) is 4.48. The van der Waals surface area contributed by atoms with Crippen LogP contribution < -0.4 is 14.8 Å². The van der Waals surface area contributed by atoms with Crippen LogP contribution in [0.15, 0.2) is 79.1 Å². The second kappa shape index (κ2) is 13.2. The molecule has 0 spiro atoms. The standard InChI is InChI=1S/C29H34N2O3/c1-22(7-4-8-23-9-6-20-30-21-23)31-29(32)11-5-10-28(24-12-16-26(33-2)17-13-24)25-14-18-27(34-3)19-15-25/h6,9-10,12-22H,4-5,7-8,11H2,1-3H3,(H,31,32)/t22-/m1/s1. The van der Waals surface area contributed by atoms with Crippen molar-refractivity contribution in [1.82, 2.24) is 10.3 Å². The first-order valence-corrected chi connectivity index (χ1v) is 11.8. The zero-order valence-corrected chi connectivity index (χ0v) is 20.3. The van der Waals surface area contributed by atoms with Crippen molar-refractivity contribution in [2.45, 2.75) is 45.1 Å². The van der Waals surface area contributed by atoms with Gasteiger partial charge in [0.25, 0.3) is 0 Å². The lowest BCUT2D eigenvalue weighted by Crippen LogP contribution is -2.32. The number of pyridine rings is 1. The second-order valence-electron chi connectivity index (χ2n) is 8.34. The number of hydrogen-bond acceptors (Lipinski definition) is 4. The summed E-state index contributed by atoms with van der Waals surface area (Å²) in [7, 11) is 3.32. The maximum Gasteiger partial charge on any atom is 0.220 e. The first-order valence-electron chi connectivity index (χ1n) is 11.8. The number of aryl methyl sites for hydroxylation is 1. The highest BCUT2D eigenvalue weighted by Crippen LogP contribution is 2.27. The molecule has 5 heteroatoms. The van der Waals surface area contributed by atoms with Gasteiger partial charge in [-0.05, 0) is 85.2 Å². The van der Waals surface area contributed by atoms with Gasteiger partial charge in [0.05, 0.1) is 14.2 Å². The Morgan fingerprint density at radius 2 is 1.59 bits per heavy atom. The Morgan fingerprint density at radius 3 is 2.12 bits per heavy atom. The number of hydrogen-bond donors (Lipinski definition) is 1. The third-order valence-electron chi connectivity index (χ3n) is 5.75. The molecule has 3 aromatic rings. The van der Waals surface area contributed by atoms with Gasteiger partial charge in [-0.1, -0.05) is 36.4 Å². The average Bonchev–Trinajstić information content (AvgIpc) is 2.87. The molecule has 5 nitrogen and oxygen atoms in total. The molecule has 0 fully saturated rings. The van der Waals surface area contributed by atoms with E-state index in [0.717, 1.165) is 47.5 Å². The number of carbonyl (C=O) groups excluding carboxylic acids is 1. The Labute approximate surface area is 202 Å². The molecule has 1 N–H and O–H groups in total. The molecule has 1 heterocycles. The van der Waals surface area contributed by atoms with Crippen LogP contribution in [-0.4, -0.2) is 31.2 Å². The predicted molar refractivity (Wildman–Crippen MR) is 137 cm³/mol. The molecule has 2 aromatic carbocycles. The third kappa shape index (κ3) is 7.77. The first kappa shape index (κ1) is 25.0. The molecule has 0 aliphatic rings. The summed E-state index contributed by atoms with van der Waals surface area (Å²) in [4.78, 5) is 16.7. The van der Waals surface area contributed by atoms with Crippen molar-refractivity contribution in [3.63, 3.8) is 0 Å². The van der Waals surface area contributed by atoms with Gasteiger partial charge in [-0.3, -0.25) is 9.78 Å². The van der Waals surface area contributed by atoms with E-state index in [2.05, 4.69) is 29.4 Å². The number of carbonyl (C=O) groups is 1. The molecule has 34 heavy (non-hydrogen) atoms. The lowest BCUT2D eigenvalue weighted by Gasteiger charge is -2.14. The molecular weight excluding hydrogens is 424 g/mol. The number of allylic oxidation sites excluding steroid dienone is 1. The van der Waals surface area contributed by atoms with Crippen LogP contribution in [-0.2, 0) is 11.2 Å². The molecule has 0 aliphatic heterocycles. The van der Waals surface area contributed by atoms with Gasteiger partial charge in [0.15, 0.2) is 0 Å². The van der Waals surface area contributed by atoms with Crippen LogP contribution in [0.25, 0.3) is 5.57 Å². The lowest BCUT2D eigenvalue weighted by molar-refractivity contribution is -0.121. The topological polar surface area (TPSA) is 60.5 Å². The molecule has 3 rings (SSSR count). The molecule has 0 radical (unpaired) electrons. The van der Waals surface area contributed by atoms with Crippen molar-refractivity contribution >= 4 is 11.5 Å². The average molecular weight is 459 g/mol. The number of rotatable bonds is 12. The van der Waals surface area contributed by atoms with Gasteiger partial charge in [-0.2, -0.15) is 0 Å². The van der Waals surface area contributed by atoms with Crippen LogP contribution in [0.1, 0.15) is 49.3 Å². The van der Waals surface area contributed by atoms with E-state index in [9.17, 15) is 4.79 Å². The number of ether oxygens (including phenoxy) is 2. The van der Waals surface area contributed by atoms with Crippen LogP contribution >= 0.6 is 0 Å². The Bertz CT molecular complexity index is 995. The number of amides is 1. The van der Waals surface area contributed by atoms with Crippen LogP contribution in [0, 0.1) is 0 Å². The van der Waals surface area contributed by atoms with Crippen molar-refractivity contribution in [3.8, 4) is 11.5 Å². The molecule has 1 amide bonds. The second-order valence-corrected chi connectivity index (χ2v) is 8.34. The van der Waals surface area contributed by atoms with E-state index in [-0.39, 0.29) is 11.9 Å².